The summed E-state index contributed by atoms with van der Waals surface area (Å²) in [7, 11) is 2.87. The molecule has 0 saturated carbocycles. The Hall–Kier alpha value is -3.18. The standard InChI is InChI=1S/C18H14BrClFN5O4/c1-29-14-7-15(30-2)13(6-10(14)20)25-18-16(26(27)28)17(22-8-23-18)24-12-4-3-9(19)5-11(12)21/h3-8H,1-2H3,(H2,22,23,24,25). The van der Waals surface area contributed by atoms with Gasteiger partial charge in [-0.2, -0.15) is 0 Å². The van der Waals surface area contributed by atoms with Crippen molar-refractivity contribution >= 4 is 56.2 Å². The van der Waals surface area contributed by atoms with E-state index in [9.17, 15) is 14.5 Å². The fourth-order valence-electron chi connectivity index (χ4n) is 2.54. The molecule has 2 aromatic carbocycles. The third-order valence-electron chi connectivity index (χ3n) is 3.92. The predicted molar refractivity (Wildman–Crippen MR) is 114 cm³/mol. The minimum atomic E-state index is -0.682. The van der Waals surface area contributed by atoms with Crippen molar-refractivity contribution in [2.75, 3.05) is 24.9 Å². The molecule has 0 unspecified atom stereocenters. The van der Waals surface area contributed by atoms with Gasteiger partial charge in [0.2, 0.25) is 11.6 Å². The van der Waals surface area contributed by atoms with Crippen molar-refractivity contribution in [1.82, 2.24) is 9.97 Å². The van der Waals surface area contributed by atoms with Crippen LogP contribution < -0.4 is 20.1 Å². The minimum absolute atomic E-state index is 0.0102. The molecule has 0 aliphatic rings. The van der Waals surface area contributed by atoms with Gasteiger partial charge in [-0.15, -0.1) is 0 Å². The number of methoxy groups -OCH3 is 2. The number of ether oxygens (including phenoxy) is 2. The molecule has 156 valence electrons. The molecule has 12 heteroatoms. The number of halogens is 3. The average Bonchev–Trinajstić information content (AvgIpc) is 2.70. The maximum Gasteiger partial charge on any atom is 0.353 e. The zero-order valence-corrected chi connectivity index (χ0v) is 17.9. The van der Waals surface area contributed by atoms with Crippen LogP contribution in [0, 0.1) is 15.9 Å². The molecule has 0 aliphatic carbocycles. The van der Waals surface area contributed by atoms with E-state index in [2.05, 4.69) is 36.5 Å². The van der Waals surface area contributed by atoms with E-state index in [0.717, 1.165) is 6.33 Å². The molecule has 0 spiro atoms. The van der Waals surface area contributed by atoms with Crippen LogP contribution in [0.5, 0.6) is 11.5 Å². The molecule has 0 atom stereocenters. The van der Waals surface area contributed by atoms with E-state index in [1.54, 1.807) is 6.07 Å². The predicted octanol–water partition coefficient (Wildman–Crippen LogP) is 5.44. The second-order valence-electron chi connectivity index (χ2n) is 5.74. The van der Waals surface area contributed by atoms with Crippen molar-refractivity contribution < 1.29 is 18.8 Å². The number of nitro groups is 1. The Morgan fingerprint density at radius 2 is 1.70 bits per heavy atom. The van der Waals surface area contributed by atoms with E-state index in [-0.39, 0.29) is 22.3 Å². The van der Waals surface area contributed by atoms with E-state index < -0.39 is 16.4 Å². The van der Waals surface area contributed by atoms with E-state index >= 15 is 0 Å². The van der Waals surface area contributed by atoms with Gasteiger partial charge >= 0.3 is 5.69 Å². The Morgan fingerprint density at radius 3 is 2.27 bits per heavy atom. The maximum atomic E-state index is 14.2. The summed E-state index contributed by atoms with van der Waals surface area (Å²) in [6, 6.07) is 7.23. The quantitative estimate of drug-likeness (QED) is 0.327. The average molecular weight is 499 g/mol. The van der Waals surface area contributed by atoms with Crippen molar-refractivity contribution in [1.29, 1.82) is 0 Å². The third-order valence-corrected chi connectivity index (χ3v) is 4.70. The molecule has 0 amide bonds. The van der Waals surface area contributed by atoms with Crippen molar-refractivity contribution in [3.05, 3.63) is 62.1 Å². The van der Waals surface area contributed by atoms with E-state index in [4.69, 9.17) is 21.1 Å². The number of hydrogen-bond donors (Lipinski definition) is 2. The molecule has 0 saturated heterocycles. The smallest absolute Gasteiger partial charge is 0.353 e. The van der Waals surface area contributed by atoms with E-state index in [0.29, 0.717) is 21.7 Å². The lowest BCUT2D eigenvalue weighted by atomic mass is 10.2. The SMILES string of the molecule is COc1cc(OC)c(Nc2ncnc(Nc3ccc(Br)cc3F)c2[N+](=O)[O-])cc1Cl. The summed E-state index contributed by atoms with van der Waals surface area (Å²) >= 11 is 9.31. The molecule has 3 aromatic rings. The monoisotopic (exact) mass is 497 g/mol. The zero-order chi connectivity index (χ0) is 21.8. The highest BCUT2D eigenvalue weighted by Gasteiger charge is 2.25. The highest BCUT2D eigenvalue weighted by Crippen LogP contribution is 2.40. The Kier molecular flexibility index (Phi) is 6.53. The van der Waals surface area contributed by atoms with Crippen LogP contribution in [-0.2, 0) is 0 Å². The van der Waals surface area contributed by atoms with Crippen LogP contribution >= 0.6 is 27.5 Å². The molecular formula is C18H14BrClFN5O4. The van der Waals surface area contributed by atoms with E-state index in [1.165, 1.54) is 38.5 Å². The van der Waals surface area contributed by atoms with Gasteiger partial charge in [-0.05, 0) is 24.3 Å². The van der Waals surface area contributed by atoms with Gasteiger partial charge in [0.25, 0.3) is 0 Å². The zero-order valence-electron chi connectivity index (χ0n) is 15.6. The molecular weight excluding hydrogens is 485 g/mol. The van der Waals surface area contributed by atoms with Gasteiger partial charge in [0.05, 0.1) is 35.5 Å². The van der Waals surface area contributed by atoms with Crippen molar-refractivity contribution in [3.63, 3.8) is 0 Å². The summed E-state index contributed by atoms with van der Waals surface area (Å²) in [5.41, 5.74) is -0.171. The first-order valence-corrected chi connectivity index (χ1v) is 9.41. The molecule has 3 rings (SSSR count). The van der Waals surface area contributed by atoms with Gasteiger partial charge in [-0.3, -0.25) is 10.1 Å². The summed E-state index contributed by atoms with van der Waals surface area (Å²) in [4.78, 5) is 18.9. The Morgan fingerprint density at radius 1 is 1.07 bits per heavy atom. The molecule has 0 fully saturated rings. The largest absolute Gasteiger partial charge is 0.495 e. The fourth-order valence-corrected chi connectivity index (χ4v) is 3.11. The van der Waals surface area contributed by atoms with Crippen LogP contribution in [0.1, 0.15) is 0 Å². The number of anilines is 4. The first kappa shape index (κ1) is 21.5. The molecule has 0 bridgehead atoms. The van der Waals surface area contributed by atoms with Crippen LogP contribution in [0.4, 0.5) is 33.1 Å². The lowest BCUT2D eigenvalue weighted by molar-refractivity contribution is -0.383. The topological polar surface area (TPSA) is 111 Å². The molecule has 0 aliphatic heterocycles. The molecule has 30 heavy (non-hydrogen) atoms. The van der Waals surface area contributed by atoms with Crippen molar-refractivity contribution in [2.24, 2.45) is 0 Å². The number of aromatic nitrogens is 2. The van der Waals surface area contributed by atoms with Gasteiger partial charge in [0.15, 0.2) is 0 Å². The highest BCUT2D eigenvalue weighted by atomic mass is 79.9. The third kappa shape index (κ3) is 4.52. The van der Waals surface area contributed by atoms with Crippen LogP contribution in [0.25, 0.3) is 0 Å². The van der Waals surface area contributed by atoms with Gasteiger partial charge < -0.3 is 20.1 Å². The van der Waals surface area contributed by atoms with Gasteiger partial charge in [0, 0.05) is 10.5 Å². The van der Waals surface area contributed by atoms with Gasteiger partial charge in [-0.1, -0.05) is 27.5 Å². The fraction of sp³-hybridized carbons (Fsp3) is 0.111. The van der Waals surface area contributed by atoms with Crippen molar-refractivity contribution in [3.8, 4) is 11.5 Å². The number of nitrogens with one attached hydrogen (secondary N) is 2. The molecule has 0 radical (unpaired) electrons. The Labute approximate surface area is 183 Å². The lowest BCUT2D eigenvalue weighted by Gasteiger charge is -2.14. The number of hydrogen-bond acceptors (Lipinski definition) is 8. The summed E-state index contributed by atoms with van der Waals surface area (Å²) in [6.45, 7) is 0. The number of nitrogens with zero attached hydrogens (tertiary/aromatic N) is 3. The summed E-state index contributed by atoms with van der Waals surface area (Å²) in [5.74, 6) is -0.274. The van der Waals surface area contributed by atoms with Crippen LogP contribution in [0.15, 0.2) is 41.1 Å². The molecule has 2 N–H and O–H groups in total. The molecule has 9 nitrogen and oxygen atoms in total. The molecule has 1 heterocycles. The normalized spacial score (nSPS) is 10.4. The van der Waals surface area contributed by atoms with Gasteiger partial charge in [0.1, 0.15) is 23.6 Å². The second kappa shape index (κ2) is 9.09. The summed E-state index contributed by atoms with van der Waals surface area (Å²) in [6.07, 6.45) is 1.10. The van der Waals surface area contributed by atoms with Crippen LogP contribution in [0.3, 0.4) is 0 Å². The van der Waals surface area contributed by atoms with Crippen LogP contribution in [-0.4, -0.2) is 29.1 Å². The maximum absolute atomic E-state index is 14.2. The Bertz CT molecular complexity index is 1120. The highest BCUT2D eigenvalue weighted by molar-refractivity contribution is 9.10. The summed E-state index contributed by atoms with van der Waals surface area (Å²) < 4.78 is 25.1. The number of benzene rings is 2. The number of rotatable bonds is 7. The lowest BCUT2D eigenvalue weighted by Crippen LogP contribution is -2.07. The van der Waals surface area contributed by atoms with Crippen molar-refractivity contribution in [2.45, 2.75) is 0 Å². The first-order valence-electron chi connectivity index (χ1n) is 8.24. The second-order valence-corrected chi connectivity index (χ2v) is 7.06. The Balaban J connectivity index is 2.03. The minimum Gasteiger partial charge on any atom is -0.495 e. The van der Waals surface area contributed by atoms with Crippen LogP contribution in [0.2, 0.25) is 5.02 Å². The van der Waals surface area contributed by atoms with E-state index in [1.807, 2.05) is 0 Å². The molecule has 1 aromatic heterocycles. The summed E-state index contributed by atoms with van der Waals surface area (Å²) in [5, 5.41) is 17.5. The first-order chi connectivity index (χ1) is 14.3. The van der Waals surface area contributed by atoms with Gasteiger partial charge in [-0.25, -0.2) is 14.4 Å².